The summed E-state index contributed by atoms with van der Waals surface area (Å²) < 4.78 is 23.0. The number of nitrogens with one attached hydrogen (secondary N) is 1. The van der Waals surface area contributed by atoms with Gasteiger partial charge in [-0.1, -0.05) is 0 Å². The highest BCUT2D eigenvalue weighted by Crippen LogP contribution is 1.75. The molecule has 0 fully saturated rings. The Labute approximate surface area is 61.3 Å². The van der Waals surface area contributed by atoms with Crippen molar-refractivity contribution in [3.05, 3.63) is 0 Å². The van der Waals surface area contributed by atoms with Crippen LogP contribution in [0.4, 0.5) is 0 Å². The van der Waals surface area contributed by atoms with Crippen molar-refractivity contribution >= 4 is 22.4 Å². The van der Waals surface area contributed by atoms with Crippen molar-refractivity contribution in [2.24, 2.45) is 5.73 Å². The van der Waals surface area contributed by atoms with Crippen LogP contribution < -0.4 is 10.5 Å². The average Bonchev–Trinajstić information content (AvgIpc) is 1.67. The molecule has 0 aliphatic heterocycles. The van der Waals surface area contributed by atoms with Crippen LogP contribution in [0.5, 0.6) is 0 Å². The van der Waals surface area contributed by atoms with E-state index < -0.39 is 10.0 Å². The third-order valence-corrected chi connectivity index (χ3v) is 2.09. The van der Waals surface area contributed by atoms with E-state index in [0.717, 1.165) is 0 Å². The Bertz CT molecular complexity index is 144. The van der Waals surface area contributed by atoms with Crippen molar-refractivity contribution < 1.29 is 8.42 Å². The molecule has 0 aromatic rings. The quantitative estimate of drug-likeness (QED) is 0.572. The molecule has 3 N–H and O–H groups in total. The second-order valence-corrected chi connectivity index (χ2v) is 3.36. The zero-order valence-corrected chi connectivity index (χ0v) is 6.76. The van der Waals surface area contributed by atoms with Crippen LogP contribution in [-0.2, 0) is 10.0 Å². The Kier molecular flexibility index (Phi) is 6.59. The zero-order chi connectivity index (χ0) is 6.62. The van der Waals surface area contributed by atoms with E-state index in [1.54, 1.807) is 0 Å². The topological polar surface area (TPSA) is 72.2 Å². The molecule has 0 saturated carbocycles. The number of nitrogens with two attached hydrogens (primary N) is 1. The largest absolute Gasteiger partial charge is 0.329 e. The van der Waals surface area contributed by atoms with Gasteiger partial charge in [0, 0.05) is 6.54 Å². The van der Waals surface area contributed by atoms with Crippen LogP contribution in [0.1, 0.15) is 0 Å². The molecule has 6 heteroatoms. The molecular weight excluding hydrogens is 164 g/mol. The van der Waals surface area contributed by atoms with Gasteiger partial charge in [0.1, 0.15) is 0 Å². The van der Waals surface area contributed by atoms with Crippen LogP contribution in [0.25, 0.3) is 0 Å². The summed E-state index contributed by atoms with van der Waals surface area (Å²) in [5, 5.41) is 0. The smallest absolute Gasteiger partial charge is 0.212 e. The number of sulfonamides is 1. The van der Waals surface area contributed by atoms with Gasteiger partial charge in [-0.05, 0) is 7.05 Å². The molecule has 0 aromatic carbocycles. The monoisotopic (exact) mass is 174 g/mol. The van der Waals surface area contributed by atoms with Crippen LogP contribution in [0.3, 0.4) is 0 Å². The first-order valence-electron chi connectivity index (χ1n) is 2.23. The van der Waals surface area contributed by atoms with Crippen LogP contribution in [0, 0.1) is 0 Å². The molecule has 0 rings (SSSR count). The Morgan fingerprint density at radius 2 is 2.00 bits per heavy atom. The second-order valence-electron chi connectivity index (χ2n) is 1.31. The van der Waals surface area contributed by atoms with Crippen molar-refractivity contribution in [1.29, 1.82) is 0 Å². The average molecular weight is 175 g/mol. The van der Waals surface area contributed by atoms with Gasteiger partial charge in [0.05, 0.1) is 5.75 Å². The fraction of sp³-hybridized carbons (Fsp3) is 1.00. The summed E-state index contributed by atoms with van der Waals surface area (Å²) in [4.78, 5) is 0. The molecule has 0 aliphatic carbocycles. The maximum absolute atomic E-state index is 10.4. The SMILES string of the molecule is CNS(=O)(=O)CCN.Cl. The fourth-order valence-corrected chi connectivity index (χ4v) is 0.772. The van der Waals surface area contributed by atoms with Crippen LogP contribution in [0.2, 0.25) is 0 Å². The molecule has 9 heavy (non-hydrogen) atoms. The predicted molar refractivity (Wildman–Crippen MR) is 39.1 cm³/mol. The predicted octanol–water partition coefficient (Wildman–Crippen LogP) is -1.08. The Balaban J connectivity index is 0. The molecule has 0 spiro atoms. The summed E-state index contributed by atoms with van der Waals surface area (Å²) in [6.45, 7) is 0.170. The lowest BCUT2D eigenvalue weighted by Crippen LogP contribution is -2.26. The molecule has 0 aliphatic rings. The molecule has 58 valence electrons. The van der Waals surface area contributed by atoms with Crippen molar-refractivity contribution in [2.75, 3.05) is 19.3 Å². The summed E-state index contributed by atoms with van der Waals surface area (Å²) >= 11 is 0. The fourth-order valence-electron chi connectivity index (χ4n) is 0.257. The van der Waals surface area contributed by atoms with Crippen molar-refractivity contribution in [2.45, 2.75) is 0 Å². The third-order valence-electron chi connectivity index (χ3n) is 0.698. The number of hydrogen-bond donors (Lipinski definition) is 2. The van der Waals surface area contributed by atoms with Gasteiger partial charge in [-0.3, -0.25) is 0 Å². The molecule has 0 saturated heterocycles. The first kappa shape index (κ1) is 11.9. The van der Waals surface area contributed by atoms with E-state index in [1.807, 2.05) is 0 Å². The van der Waals surface area contributed by atoms with E-state index in [9.17, 15) is 8.42 Å². The summed E-state index contributed by atoms with van der Waals surface area (Å²) in [6, 6.07) is 0. The molecular formula is C3H11ClN2O2S. The Hall–Kier alpha value is 0.160. The first-order chi connectivity index (χ1) is 3.62. The lowest BCUT2D eigenvalue weighted by molar-refractivity contribution is 0.588. The van der Waals surface area contributed by atoms with Gasteiger partial charge in [0.2, 0.25) is 10.0 Å². The van der Waals surface area contributed by atoms with E-state index in [0.29, 0.717) is 0 Å². The van der Waals surface area contributed by atoms with E-state index >= 15 is 0 Å². The lowest BCUT2D eigenvalue weighted by Gasteiger charge is -1.95. The summed E-state index contributed by atoms with van der Waals surface area (Å²) in [7, 11) is -1.68. The highest BCUT2D eigenvalue weighted by atomic mass is 35.5. The Morgan fingerprint density at radius 1 is 1.56 bits per heavy atom. The normalized spacial score (nSPS) is 10.4. The molecule has 4 nitrogen and oxygen atoms in total. The molecule has 0 radical (unpaired) electrons. The van der Waals surface area contributed by atoms with Gasteiger partial charge in [-0.25, -0.2) is 13.1 Å². The molecule has 0 unspecified atom stereocenters. The number of rotatable bonds is 3. The van der Waals surface area contributed by atoms with Gasteiger partial charge < -0.3 is 5.73 Å². The van der Waals surface area contributed by atoms with Crippen molar-refractivity contribution in [3.63, 3.8) is 0 Å². The molecule has 0 bridgehead atoms. The third kappa shape index (κ3) is 6.04. The summed E-state index contributed by atoms with van der Waals surface area (Å²) in [5.74, 6) is 0.00347. The number of halogens is 1. The maximum atomic E-state index is 10.4. The van der Waals surface area contributed by atoms with E-state index in [-0.39, 0.29) is 24.7 Å². The van der Waals surface area contributed by atoms with Gasteiger partial charge in [0.15, 0.2) is 0 Å². The van der Waals surface area contributed by atoms with Crippen molar-refractivity contribution in [1.82, 2.24) is 4.72 Å². The molecule has 0 amide bonds. The zero-order valence-electron chi connectivity index (χ0n) is 5.12. The van der Waals surface area contributed by atoms with E-state index in [4.69, 9.17) is 5.73 Å². The standard InChI is InChI=1S/C3H10N2O2S.ClH/c1-5-8(6,7)3-2-4;/h5H,2-4H2,1H3;1H. The van der Waals surface area contributed by atoms with Crippen molar-refractivity contribution in [3.8, 4) is 0 Å². The first-order valence-corrected chi connectivity index (χ1v) is 3.89. The molecule has 0 atom stereocenters. The summed E-state index contributed by atoms with van der Waals surface area (Å²) in [5.41, 5.74) is 4.97. The van der Waals surface area contributed by atoms with Gasteiger partial charge in [-0.15, -0.1) is 12.4 Å². The van der Waals surface area contributed by atoms with Crippen LogP contribution in [-0.4, -0.2) is 27.8 Å². The Morgan fingerprint density at radius 3 is 2.11 bits per heavy atom. The molecule has 0 heterocycles. The van der Waals surface area contributed by atoms with Crippen LogP contribution in [0.15, 0.2) is 0 Å². The maximum Gasteiger partial charge on any atom is 0.212 e. The van der Waals surface area contributed by atoms with Gasteiger partial charge in [-0.2, -0.15) is 0 Å². The highest BCUT2D eigenvalue weighted by molar-refractivity contribution is 7.89. The van der Waals surface area contributed by atoms with E-state index in [1.165, 1.54) is 7.05 Å². The van der Waals surface area contributed by atoms with Gasteiger partial charge >= 0.3 is 0 Å². The molecule has 0 aromatic heterocycles. The van der Waals surface area contributed by atoms with Gasteiger partial charge in [0.25, 0.3) is 0 Å². The number of hydrogen-bond acceptors (Lipinski definition) is 3. The highest BCUT2D eigenvalue weighted by Gasteiger charge is 2.01. The van der Waals surface area contributed by atoms with Crippen LogP contribution >= 0.6 is 12.4 Å². The van der Waals surface area contributed by atoms with E-state index in [2.05, 4.69) is 4.72 Å². The second kappa shape index (κ2) is 4.99. The lowest BCUT2D eigenvalue weighted by atomic mass is 10.8. The minimum Gasteiger partial charge on any atom is -0.329 e. The summed E-state index contributed by atoms with van der Waals surface area (Å²) in [6.07, 6.45) is 0. The minimum absolute atomic E-state index is 0. The minimum atomic E-state index is -3.04.